The molecule has 1 aliphatic carbocycles. The molecular formula is C71H63BN2. The maximum absolute atomic E-state index is 2.80. The van der Waals surface area contributed by atoms with Gasteiger partial charge in [0.2, 0.25) is 0 Å². The molecule has 2 aromatic heterocycles. The Kier molecular flexibility index (Phi) is 8.90. The lowest BCUT2D eigenvalue weighted by Gasteiger charge is -2.44. The summed E-state index contributed by atoms with van der Waals surface area (Å²) in [7, 11) is 0. The van der Waals surface area contributed by atoms with Crippen LogP contribution < -0.4 is 16.4 Å². The first kappa shape index (κ1) is 44.2. The molecule has 1 spiro atoms. The molecule has 0 amide bonds. The van der Waals surface area contributed by atoms with Gasteiger partial charge in [0.15, 0.2) is 0 Å². The summed E-state index contributed by atoms with van der Waals surface area (Å²) in [5.41, 5.74) is 29.5. The SMILES string of the molecule is CCC(C)c1cc2c3c(c1)c1cc(C(C)CC)cc4c1n3-c1c(ccc3c1B2c1cc2ccccc2c2c(-c5ccc(C(C)(C)C)cc5)c(-c5ccc(C(C)(C)C)cc5)n-3c12)C41c2ccccc2-c2ccccc21. The van der Waals surface area contributed by atoms with Crippen LogP contribution in [0.3, 0.4) is 0 Å². The maximum atomic E-state index is 2.80. The van der Waals surface area contributed by atoms with Crippen molar-refractivity contribution in [3.8, 4) is 44.9 Å². The van der Waals surface area contributed by atoms with E-state index in [-0.39, 0.29) is 17.5 Å². The number of nitrogens with zero attached hydrogens (tertiary/aromatic N) is 2. The van der Waals surface area contributed by atoms with Gasteiger partial charge in [-0.15, -0.1) is 0 Å². The van der Waals surface area contributed by atoms with E-state index in [1.807, 2.05) is 0 Å². The first-order valence-electron chi connectivity index (χ1n) is 27.6. The Morgan fingerprint density at radius 2 is 1.04 bits per heavy atom. The molecule has 2 unspecified atom stereocenters. The van der Waals surface area contributed by atoms with Gasteiger partial charge in [-0.3, -0.25) is 0 Å². The number of fused-ring (bicyclic) bond motifs is 13. The van der Waals surface area contributed by atoms with Crippen molar-refractivity contribution < 1.29 is 0 Å². The van der Waals surface area contributed by atoms with Crippen molar-refractivity contribution in [3.05, 3.63) is 208 Å². The Morgan fingerprint density at radius 3 is 1.66 bits per heavy atom. The lowest BCUT2D eigenvalue weighted by atomic mass is 9.33. The second-order valence-corrected chi connectivity index (χ2v) is 24.7. The molecule has 0 saturated carbocycles. The fourth-order valence-electron chi connectivity index (χ4n) is 14.7. The van der Waals surface area contributed by atoms with Crippen molar-refractivity contribution in [2.75, 3.05) is 0 Å². The number of benzene rings is 9. The predicted molar refractivity (Wildman–Crippen MR) is 316 cm³/mol. The first-order valence-corrected chi connectivity index (χ1v) is 27.6. The molecule has 0 saturated heterocycles. The van der Waals surface area contributed by atoms with Crippen molar-refractivity contribution in [2.45, 2.75) is 110 Å². The van der Waals surface area contributed by atoms with Crippen LogP contribution in [-0.4, -0.2) is 15.8 Å². The van der Waals surface area contributed by atoms with Gasteiger partial charge in [-0.05, 0) is 148 Å². The molecule has 2 nitrogen and oxygen atoms in total. The maximum Gasteiger partial charge on any atom is 0.252 e. The van der Waals surface area contributed by atoms with Gasteiger partial charge < -0.3 is 9.13 Å². The Labute approximate surface area is 436 Å². The van der Waals surface area contributed by atoms with Crippen LogP contribution in [0.1, 0.15) is 138 Å². The summed E-state index contributed by atoms with van der Waals surface area (Å²) < 4.78 is 5.54. The van der Waals surface area contributed by atoms with Crippen LogP contribution >= 0.6 is 0 Å². The van der Waals surface area contributed by atoms with Crippen LogP contribution in [0.2, 0.25) is 0 Å². The smallest absolute Gasteiger partial charge is 0.252 e. The van der Waals surface area contributed by atoms with Crippen LogP contribution in [0.4, 0.5) is 0 Å². The second kappa shape index (κ2) is 14.9. The van der Waals surface area contributed by atoms with Crippen LogP contribution in [0.25, 0.3) is 88.4 Å². The third-order valence-corrected chi connectivity index (χ3v) is 18.8. The summed E-state index contributed by atoms with van der Waals surface area (Å²) >= 11 is 0. The van der Waals surface area contributed by atoms with Gasteiger partial charge in [0.1, 0.15) is 0 Å². The van der Waals surface area contributed by atoms with Crippen LogP contribution in [0, 0.1) is 0 Å². The molecule has 3 heteroatoms. The molecule has 0 radical (unpaired) electrons. The van der Waals surface area contributed by atoms with Gasteiger partial charge in [-0.2, -0.15) is 0 Å². The van der Waals surface area contributed by atoms with E-state index in [1.165, 1.54) is 149 Å². The summed E-state index contributed by atoms with van der Waals surface area (Å²) in [5.74, 6) is 0.805. The molecule has 74 heavy (non-hydrogen) atoms. The third kappa shape index (κ3) is 5.48. The molecule has 5 heterocycles. The Bertz CT molecular complexity index is 4210. The van der Waals surface area contributed by atoms with E-state index in [9.17, 15) is 0 Å². The van der Waals surface area contributed by atoms with Crippen molar-refractivity contribution in [2.24, 2.45) is 0 Å². The van der Waals surface area contributed by atoms with E-state index < -0.39 is 5.41 Å². The topological polar surface area (TPSA) is 9.86 Å². The zero-order valence-electron chi connectivity index (χ0n) is 44.6. The fraction of sp³-hybridized carbons (Fsp3) is 0.239. The standard InChI is InChI=1S/C71H63BN2/c1-11-40(3)45-35-52-53-36-46(41(4)12-2)39-58-66(53)74-65(52)57(37-45)71(54-23-17-15-21-50(54)51-22-16-18-24-55(51)71)56-33-34-60-63(67(56)74)72(58)59-38-44-19-13-14-20-49(44)62-61(42-25-29-47(30-26-42)69(5,6)7)64(73(60)68(59)62)43-27-31-48(32-28-43)70(8,9)10/h13-41H,11-12H2,1-10H3. The van der Waals surface area contributed by atoms with Crippen LogP contribution in [0.5, 0.6) is 0 Å². The minimum Gasteiger partial charge on any atom is -0.310 e. The van der Waals surface area contributed by atoms with E-state index in [4.69, 9.17) is 0 Å². The molecule has 0 bridgehead atoms. The normalized spacial score (nSPS) is 15.2. The van der Waals surface area contributed by atoms with Gasteiger partial charge in [0.25, 0.3) is 6.71 Å². The molecule has 9 aromatic carbocycles. The quantitative estimate of drug-likeness (QED) is 0.147. The molecule has 4 aliphatic rings. The van der Waals surface area contributed by atoms with Crippen LogP contribution in [0.15, 0.2) is 164 Å². The zero-order valence-corrected chi connectivity index (χ0v) is 44.6. The molecule has 11 aromatic rings. The Balaban J connectivity index is 1.18. The first-order chi connectivity index (χ1) is 35.7. The lowest BCUT2D eigenvalue weighted by Crippen LogP contribution is -2.60. The summed E-state index contributed by atoms with van der Waals surface area (Å²) in [4.78, 5) is 0. The highest BCUT2D eigenvalue weighted by atomic mass is 15.1. The predicted octanol–water partition coefficient (Wildman–Crippen LogP) is 16.7. The van der Waals surface area contributed by atoms with E-state index in [0.717, 1.165) is 12.8 Å². The highest BCUT2D eigenvalue weighted by Gasteiger charge is 2.54. The molecule has 0 fully saturated rings. The monoisotopic (exact) mass is 955 g/mol. The molecule has 2 atom stereocenters. The van der Waals surface area contributed by atoms with Crippen molar-refractivity contribution in [3.63, 3.8) is 0 Å². The number of aromatic nitrogens is 2. The van der Waals surface area contributed by atoms with E-state index in [1.54, 1.807) is 0 Å². The van der Waals surface area contributed by atoms with Crippen molar-refractivity contribution >= 4 is 66.6 Å². The van der Waals surface area contributed by atoms with Crippen LogP contribution in [-0.2, 0) is 16.2 Å². The molecular weight excluding hydrogens is 892 g/mol. The summed E-state index contributed by atoms with van der Waals surface area (Å²) in [5, 5.41) is 6.73. The Hall–Kier alpha value is -7.36. The number of rotatable bonds is 6. The van der Waals surface area contributed by atoms with Crippen molar-refractivity contribution in [1.82, 2.24) is 9.13 Å². The highest BCUT2D eigenvalue weighted by Crippen LogP contribution is 2.62. The molecule has 3 aliphatic heterocycles. The molecule has 15 rings (SSSR count). The van der Waals surface area contributed by atoms with Gasteiger partial charge in [0, 0.05) is 38.6 Å². The van der Waals surface area contributed by atoms with Gasteiger partial charge in [0.05, 0.1) is 22.1 Å². The summed E-state index contributed by atoms with van der Waals surface area (Å²) in [6, 6.07) is 65.5. The lowest BCUT2D eigenvalue weighted by molar-refractivity contribution is 0.590. The highest BCUT2D eigenvalue weighted by molar-refractivity contribution is 7.00. The van der Waals surface area contributed by atoms with E-state index in [2.05, 4.69) is 242 Å². The van der Waals surface area contributed by atoms with E-state index >= 15 is 0 Å². The average Bonchev–Trinajstić information content (AvgIpc) is 4.25. The summed E-state index contributed by atoms with van der Waals surface area (Å²) in [6.07, 6.45) is 2.16. The molecule has 360 valence electrons. The third-order valence-electron chi connectivity index (χ3n) is 18.8. The minimum absolute atomic E-state index is 0.00969. The van der Waals surface area contributed by atoms with Gasteiger partial charge >= 0.3 is 0 Å². The van der Waals surface area contributed by atoms with Crippen molar-refractivity contribution in [1.29, 1.82) is 0 Å². The van der Waals surface area contributed by atoms with Gasteiger partial charge in [-0.25, -0.2) is 0 Å². The molecule has 0 N–H and O–H groups in total. The minimum atomic E-state index is -0.535. The average molecular weight is 955 g/mol. The Morgan fingerprint density at radius 1 is 0.486 bits per heavy atom. The second-order valence-electron chi connectivity index (χ2n) is 24.7. The number of hydrogen-bond acceptors (Lipinski definition) is 0. The zero-order chi connectivity index (χ0) is 50.5. The van der Waals surface area contributed by atoms with Gasteiger partial charge in [-0.1, -0.05) is 215 Å². The summed E-state index contributed by atoms with van der Waals surface area (Å²) in [6.45, 7) is 23.5. The largest absolute Gasteiger partial charge is 0.310 e. The fourth-order valence-corrected chi connectivity index (χ4v) is 14.7. The number of hydrogen-bond donors (Lipinski definition) is 0. The van der Waals surface area contributed by atoms with E-state index in [0.29, 0.717) is 11.8 Å².